The molecule has 0 N–H and O–H groups in total. The third-order valence-electron chi connectivity index (χ3n) is 3.35. The van der Waals surface area contributed by atoms with Crippen LogP contribution in [0.5, 0.6) is 0 Å². The van der Waals surface area contributed by atoms with Crippen molar-refractivity contribution in [1.82, 2.24) is 14.8 Å². The summed E-state index contributed by atoms with van der Waals surface area (Å²) >= 11 is 1.90. The van der Waals surface area contributed by atoms with Gasteiger partial charge in [-0.2, -0.15) is 0 Å². The van der Waals surface area contributed by atoms with Gasteiger partial charge < -0.3 is 4.57 Å². The number of nitrogens with zero attached hydrogens (tertiary/aromatic N) is 3. The van der Waals surface area contributed by atoms with Gasteiger partial charge in [0.05, 0.1) is 4.88 Å². The lowest BCUT2D eigenvalue weighted by molar-refractivity contribution is 0.604. The largest absolute Gasteiger partial charge is 0.310 e. The molecule has 0 atom stereocenters. The third kappa shape index (κ3) is 1.90. The fourth-order valence-electron chi connectivity index (χ4n) is 2.40. The van der Waals surface area contributed by atoms with E-state index in [1.165, 1.54) is 36.1 Å². The summed E-state index contributed by atoms with van der Waals surface area (Å²) < 4.78 is 2.15. The molecule has 0 bridgehead atoms. The second-order valence-corrected chi connectivity index (χ2v) is 6.06. The second-order valence-electron chi connectivity index (χ2n) is 4.92. The second kappa shape index (κ2) is 4.26. The van der Waals surface area contributed by atoms with Crippen LogP contribution in [0, 0.1) is 0 Å². The molecule has 0 amide bonds. The van der Waals surface area contributed by atoms with Crippen LogP contribution in [-0.4, -0.2) is 14.8 Å². The maximum absolute atomic E-state index is 4.27. The zero-order valence-electron chi connectivity index (χ0n) is 10.3. The Bertz CT molecular complexity index is 501. The van der Waals surface area contributed by atoms with Crippen LogP contribution >= 0.6 is 11.3 Å². The highest BCUT2D eigenvalue weighted by atomic mass is 32.1. The van der Waals surface area contributed by atoms with Crippen LogP contribution in [0.4, 0.5) is 0 Å². The molecule has 0 fully saturated rings. The predicted octanol–water partition coefficient (Wildman–Crippen LogP) is 3.47. The molecule has 3 nitrogen and oxygen atoms in total. The van der Waals surface area contributed by atoms with Crippen molar-refractivity contribution in [2.24, 2.45) is 0 Å². The van der Waals surface area contributed by atoms with Crippen molar-refractivity contribution in [2.75, 3.05) is 0 Å². The maximum Gasteiger partial charge on any atom is 0.174 e. The molecule has 1 aliphatic rings. The fourth-order valence-corrected chi connectivity index (χ4v) is 3.64. The van der Waals surface area contributed by atoms with Gasteiger partial charge in [0, 0.05) is 10.9 Å². The zero-order chi connectivity index (χ0) is 11.8. The van der Waals surface area contributed by atoms with Crippen LogP contribution in [0.1, 0.15) is 43.2 Å². The minimum atomic E-state index is 0.416. The molecule has 90 valence electrons. The molecular formula is C13H17N3S. The van der Waals surface area contributed by atoms with Gasteiger partial charge in [-0.1, -0.05) is 0 Å². The van der Waals surface area contributed by atoms with E-state index in [4.69, 9.17) is 0 Å². The Kier molecular flexibility index (Phi) is 2.74. The lowest BCUT2D eigenvalue weighted by atomic mass is 9.99. The Morgan fingerprint density at radius 1 is 1.29 bits per heavy atom. The minimum Gasteiger partial charge on any atom is -0.310 e. The predicted molar refractivity (Wildman–Crippen MR) is 70.4 cm³/mol. The molecule has 0 aliphatic heterocycles. The highest BCUT2D eigenvalue weighted by molar-refractivity contribution is 7.15. The van der Waals surface area contributed by atoms with Gasteiger partial charge >= 0.3 is 0 Å². The van der Waals surface area contributed by atoms with E-state index in [0.717, 1.165) is 5.82 Å². The van der Waals surface area contributed by atoms with Crippen LogP contribution in [0.2, 0.25) is 0 Å². The van der Waals surface area contributed by atoms with Crippen LogP contribution in [0.25, 0.3) is 10.7 Å². The van der Waals surface area contributed by atoms with E-state index in [0.29, 0.717) is 6.04 Å². The number of rotatable bonds is 2. The van der Waals surface area contributed by atoms with Gasteiger partial charge in [0.25, 0.3) is 0 Å². The summed E-state index contributed by atoms with van der Waals surface area (Å²) in [5.74, 6) is 1.03. The Hall–Kier alpha value is -1.16. The molecule has 0 spiro atoms. The Morgan fingerprint density at radius 3 is 2.88 bits per heavy atom. The van der Waals surface area contributed by atoms with Crippen molar-refractivity contribution in [2.45, 2.75) is 45.6 Å². The average molecular weight is 247 g/mol. The number of thiophene rings is 1. The summed E-state index contributed by atoms with van der Waals surface area (Å²) in [6.07, 6.45) is 6.99. The summed E-state index contributed by atoms with van der Waals surface area (Å²) in [5.41, 5.74) is 1.54. The van der Waals surface area contributed by atoms with Crippen molar-refractivity contribution < 1.29 is 0 Å². The number of hydrogen-bond donors (Lipinski definition) is 0. The molecular weight excluding hydrogens is 230 g/mol. The van der Waals surface area contributed by atoms with Crippen molar-refractivity contribution in [1.29, 1.82) is 0 Å². The van der Waals surface area contributed by atoms with Gasteiger partial charge in [0.15, 0.2) is 5.82 Å². The number of aryl methyl sites for hydroxylation is 2. The van der Waals surface area contributed by atoms with Gasteiger partial charge in [0.1, 0.15) is 6.33 Å². The minimum absolute atomic E-state index is 0.416. The topological polar surface area (TPSA) is 30.7 Å². The maximum atomic E-state index is 4.27. The molecule has 2 aromatic rings. The lowest BCUT2D eigenvalue weighted by Crippen LogP contribution is -2.00. The van der Waals surface area contributed by atoms with Gasteiger partial charge in [-0.05, 0) is 51.2 Å². The van der Waals surface area contributed by atoms with Crippen LogP contribution in [-0.2, 0) is 12.8 Å². The van der Waals surface area contributed by atoms with E-state index >= 15 is 0 Å². The van der Waals surface area contributed by atoms with Gasteiger partial charge in [0.2, 0.25) is 0 Å². The molecule has 3 rings (SSSR count). The smallest absolute Gasteiger partial charge is 0.174 e. The Morgan fingerprint density at radius 2 is 2.12 bits per heavy atom. The zero-order valence-corrected chi connectivity index (χ0v) is 11.1. The molecule has 0 aromatic carbocycles. The molecule has 0 saturated heterocycles. The van der Waals surface area contributed by atoms with Crippen LogP contribution < -0.4 is 0 Å². The van der Waals surface area contributed by atoms with E-state index in [2.05, 4.69) is 34.7 Å². The monoisotopic (exact) mass is 247 g/mol. The van der Waals surface area contributed by atoms with Crippen molar-refractivity contribution in [3.63, 3.8) is 0 Å². The van der Waals surface area contributed by atoms with E-state index in [-0.39, 0.29) is 0 Å². The molecule has 17 heavy (non-hydrogen) atoms. The van der Waals surface area contributed by atoms with E-state index in [1.54, 1.807) is 4.88 Å². The summed E-state index contributed by atoms with van der Waals surface area (Å²) in [7, 11) is 0. The molecule has 0 radical (unpaired) electrons. The quantitative estimate of drug-likeness (QED) is 0.813. The van der Waals surface area contributed by atoms with Crippen molar-refractivity contribution in [3.05, 3.63) is 22.8 Å². The summed E-state index contributed by atoms with van der Waals surface area (Å²) in [6.45, 7) is 4.33. The Labute approximate surface area is 106 Å². The van der Waals surface area contributed by atoms with E-state index in [9.17, 15) is 0 Å². The fraction of sp³-hybridized carbons (Fsp3) is 0.538. The molecule has 0 unspecified atom stereocenters. The molecule has 2 heterocycles. The number of aromatic nitrogens is 3. The van der Waals surface area contributed by atoms with Crippen LogP contribution in [0.15, 0.2) is 12.4 Å². The number of fused-ring (bicyclic) bond motifs is 1. The summed E-state index contributed by atoms with van der Waals surface area (Å²) in [6, 6.07) is 2.74. The first-order valence-electron chi connectivity index (χ1n) is 6.27. The molecule has 1 aliphatic carbocycles. The first-order chi connectivity index (χ1) is 8.25. The van der Waals surface area contributed by atoms with Crippen molar-refractivity contribution in [3.8, 4) is 10.7 Å². The summed E-state index contributed by atoms with van der Waals surface area (Å²) in [5, 5.41) is 8.32. The lowest BCUT2D eigenvalue weighted by Gasteiger charge is -2.08. The highest BCUT2D eigenvalue weighted by Crippen LogP contribution is 2.35. The standard InChI is InChI=1S/C13H17N3S/c1-9(2)16-8-14-15-13(16)12-7-10-5-3-4-6-11(10)17-12/h7-9H,3-6H2,1-2H3. The normalized spacial score (nSPS) is 15.2. The first kappa shape index (κ1) is 11.0. The number of hydrogen-bond acceptors (Lipinski definition) is 3. The molecule has 2 aromatic heterocycles. The van der Waals surface area contributed by atoms with Gasteiger partial charge in [-0.25, -0.2) is 0 Å². The van der Waals surface area contributed by atoms with Crippen LogP contribution in [0.3, 0.4) is 0 Å². The Balaban J connectivity index is 2.03. The van der Waals surface area contributed by atoms with Gasteiger partial charge in [-0.15, -0.1) is 21.5 Å². The van der Waals surface area contributed by atoms with Gasteiger partial charge in [-0.3, -0.25) is 0 Å². The van der Waals surface area contributed by atoms with E-state index in [1.807, 2.05) is 17.7 Å². The highest BCUT2D eigenvalue weighted by Gasteiger charge is 2.17. The summed E-state index contributed by atoms with van der Waals surface area (Å²) in [4.78, 5) is 2.84. The molecule has 0 saturated carbocycles. The SMILES string of the molecule is CC(C)n1cnnc1-c1cc2c(s1)CCCC2. The average Bonchev–Trinajstić information content (AvgIpc) is 2.95. The first-order valence-corrected chi connectivity index (χ1v) is 7.09. The molecule has 4 heteroatoms. The third-order valence-corrected chi connectivity index (χ3v) is 4.58. The van der Waals surface area contributed by atoms with E-state index < -0.39 is 0 Å². The van der Waals surface area contributed by atoms with Crippen molar-refractivity contribution >= 4 is 11.3 Å².